The van der Waals surface area contributed by atoms with E-state index in [2.05, 4.69) is 10.3 Å². The largest absolute Gasteiger partial charge is 0.464 e. The monoisotopic (exact) mass is 267 g/mol. The molecule has 0 bridgehead atoms. The van der Waals surface area contributed by atoms with E-state index in [-0.39, 0.29) is 5.92 Å². The summed E-state index contributed by atoms with van der Waals surface area (Å²) in [5.41, 5.74) is 1.16. The molecule has 0 N–H and O–H groups in total. The zero-order chi connectivity index (χ0) is 13.8. The molecule has 1 aromatic heterocycles. The minimum atomic E-state index is -0.424. The van der Waals surface area contributed by atoms with Crippen molar-refractivity contribution in [3.05, 3.63) is 11.4 Å². The van der Waals surface area contributed by atoms with Gasteiger partial charge in [0.1, 0.15) is 0 Å². The van der Waals surface area contributed by atoms with Crippen molar-refractivity contribution in [2.24, 2.45) is 0 Å². The highest BCUT2D eigenvalue weighted by atomic mass is 16.5. The molecular formula is C13H21N3O3. The molecule has 1 fully saturated rings. The molecule has 0 aromatic carbocycles. The summed E-state index contributed by atoms with van der Waals surface area (Å²) in [5.74, 6) is -0.249. The SMILES string of the molecule is COC(=O)c1nnn(CCC2CCCO2)c1C(C)C. The molecule has 1 saturated heterocycles. The van der Waals surface area contributed by atoms with Crippen LogP contribution in [0.15, 0.2) is 0 Å². The average molecular weight is 267 g/mol. The van der Waals surface area contributed by atoms with Crippen LogP contribution >= 0.6 is 0 Å². The Morgan fingerprint density at radius 1 is 1.58 bits per heavy atom. The molecule has 6 nitrogen and oxygen atoms in total. The Kier molecular flexibility index (Phi) is 4.52. The highest BCUT2D eigenvalue weighted by Crippen LogP contribution is 2.21. The second-order valence-electron chi connectivity index (χ2n) is 5.12. The second kappa shape index (κ2) is 6.14. The van der Waals surface area contributed by atoms with Crippen molar-refractivity contribution in [2.75, 3.05) is 13.7 Å². The minimum Gasteiger partial charge on any atom is -0.464 e. The zero-order valence-corrected chi connectivity index (χ0v) is 11.8. The van der Waals surface area contributed by atoms with Gasteiger partial charge in [0.2, 0.25) is 0 Å². The Labute approximate surface area is 113 Å². The number of carbonyl (C=O) groups excluding carboxylic acids is 1. The van der Waals surface area contributed by atoms with Gasteiger partial charge in [-0.15, -0.1) is 5.10 Å². The number of rotatable bonds is 5. The van der Waals surface area contributed by atoms with E-state index in [9.17, 15) is 4.79 Å². The minimum absolute atomic E-state index is 0.175. The van der Waals surface area contributed by atoms with Crippen LogP contribution in [0.4, 0.5) is 0 Å². The van der Waals surface area contributed by atoms with Gasteiger partial charge in [-0.05, 0) is 25.2 Å². The normalized spacial score (nSPS) is 19.1. The molecule has 1 aromatic rings. The van der Waals surface area contributed by atoms with E-state index in [1.54, 1.807) is 4.68 Å². The molecule has 0 spiro atoms. The molecule has 2 rings (SSSR count). The number of esters is 1. The van der Waals surface area contributed by atoms with Crippen molar-refractivity contribution in [2.45, 2.75) is 51.7 Å². The summed E-state index contributed by atoms with van der Waals surface area (Å²) in [4.78, 5) is 11.6. The first-order valence-electron chi connectivity index (χ1n) is 6.76. The lowest BCUT2D eigenvalue weighted by atomic mass is 10.1. The van der Waals surface area contributed by atoms with Crippen LogP contribution in [0.3, 0.4) is 0 Å². The topological polar surface area (TPSA) is 66.2 Å². The Bertz CT molecular complexity index is 436. The van der Waals surface area contributed by atoms with Gasteiger partial charge in [-0.2, -0.15) is 0 Å². The van der Waals surface area contributed by atoms with E-state index >= 15 is 0 Å². The summed E-state index contributed by atoms with van der Waals surface area (Å²) in [6.45, 7) is 5.62. The molecule has 1 unspecified atom stereocenters. The Morgan fingerprint density at radius 3 is 2.95 bits per heavy atom. The van der Waals surface area contributed by atoms with Gasteiger partial charge < -0.3 is 9.47 Å². The van der Waals surface area contributed by atoms with Gasteiger partial charge in [0.15, 0.2) is 5.69 Å². The number of ether oxygens (including phenoxy) is 2. The fourth-order valence-corrected chi connectivity index (χ4v) is 2.44. The van der Waals surface area contributed by atoms with Crippen molar-refractivity contribution in [1.82, 2.24) is 15.0 Å². The molecule has 1 atom stereocenters. The number of methoxy groups -OCH3 is 1. The first-order chi connectivity index (χ1) is 9.13. The van der Waals surface area contributed by atoms with Gasteiger partial charge in [-0.25, -0.2) is 9.48 Å². The lowest BCUT2D eigenvalue weighted by molar-refractivity contribution is 0.0592. The third-order valence-corrected chi connectivity index (χ3v) is 3.39. The van der Waals surface area contributed by atoms with E-state index in [0.717, 1.165) is 38.1 Å². The molecule has 0 saturated carbocycles. The number of nitrogens with zero attached hydrogens (tertiary/aromatic N) is 3. The smallest absolute Gasteiger partial charge is 0.360 e. The van der Waals surface area contributed by atoms with Gasteiger partial charge in [0, 0.05) is 13.2 Å². The Hall–Kier alpha value is -1.43. The van der Waals surface area contributed by atoms with Crippen molar-refractivity contribution in [3.63, 3.8) is 0 Å². The summed E-state index contributed by atoms with van der Waals surface area (Å²) in [6, 6.07) is 0. The Morgan fingerprint density at radius 2 is 2.37 bits per heavy atom. The summed E-state index contributed by atoms with van der Waals surface area (Å²) in [5, 5.41) is 8.03. The fraction of sp³-hybridized carbons (Fsp3) is 0.769. The number of carbonyl (C=O) groups is 1. The van der Waals surface area contributed by atoms with Gasteiger partial charge in [-0.1, -0.05) is 19.1 Å². The van der Waals surface area contributed by atoms with Crippen molar-refractivity contribution in [1.29, 1.82) is 0 Å². The predicted molar refractivity (Wildman–Crippen MR) is 69.0 cm³/mol. The maximum Gasteiger partial charge on any atom is 0.360 e. The summed E-state index contributed by atoms with van der Waals surface area (Å²) in [6.07, 6.45) is 3.46. The van der Waals surface area contributed by atoms with Crippen LogP contribution in [0.1, 0.15) is 55.2 Å². The number of aromatic nitrogens is 3. The van der Waals surface area contributed by atoms with Gasteiger partial charge in [-0.3, -0.25) is 0 Å². The van der Waals surface area contributed by atoms with E-state index < -0.39 is 5.97 Å². The lowest BCUT2D eigenvalue weighted by Gasteiger charge is -2.13. The van der Waals surface area contributed by atoms with Crippen LogP contribution in [0.2, 0.25) is 0 Å². The average Bonchev–Trinajstić information content (AvgIpc) is 3.04. The maximum absolute atomic E-state index is 11.6. The van der Waals surface area contributed by atoms with E-state index in [1.165, 1.54) is 7.11 Å². The molecule has 106 valence electrons. The van der Waals surface area contributed by atoms with Crippen LogP contribution < -0.4 is 0 Å². The summed E-state index contributed by atoms with van der Waals surface area (Å²) >= 11 is 0. The molecule has 0 amide bonds. The molecule has 0 aliphatic carbocycles. The quantitative estimate of drug-likeness (QED) is 0.760. The highest BCUT2D eigenvalue weighted by molar-refractivity contribution is 5.88. The maximum atomic E-state index is 11.6. The molecule has 0 radical (unpaired) electrons. The zero-order valence-electron chi connectivity index (χ0n) is 11.8. The van der Waals surface area contributed by atoms with Crippen LogP contribution in [-0.4, -0.2) is 40.8 Å². The van der Waals surface area contributed by atoms with E-state index in [4.69, 9.17) is 9.47 Å². The van der Waals surface area contributed by atoms with E-state index in [1.807, 2.05) is 13.8 Å². The van der Waals surface area contributed by atoms with Crippen LogP contribution in [0, 0.1) is 0 Å². The van der Waals surface area contributed by atoms with Crippen molar-refractivity contribution < 1.29 is 14.3 Å². The number of hydrogen-bond donors (Lipinski definition) is 0. The second-order valence-corrected chi connectivity index (χ2v) is 5.12. The molecular weight excluding hydrogens is 246 g/mol. The van der Waals surface area contributed by atoms with Crippen molar-refractivity contribution >= 4 is 5.97 Å². The molecule has 2 heterocycles. The first-order valence-corrected chi connectivity index (χ1v) is 6.76. The van der Waals surface area contributed by atoms with Crippen LogP contribution in [0.25, 0.3) is 0 Å². The van der Waals surface area contributed by atoms with Crippen LogP contribution in [-0.2, 0) is 16.0 Å². The predicted octanol–water partition coefficient (Wildman–Crippen LogP) is 1.76. The molecule has 1 aliphatic rings. The highest BCUT2D eigenvalue weighted by Gasteiger charge is 2.23. The number of aryl methyl sites for hydroxylation is 1. The van der Waals surface area contributed by atoms with E-state index in [0.29, 0.717) is 11.8 Å². The molecule has 6 heteroatoms. The van der Waals surface area contributed by atoms with Crippen LogP contribution in [0.5, 0.6) is 0 Å². The summed E-state index contributed by atoms with van der Waals surface area (Å²) < 4.78 is 12.1. The standard InChI is InChI=1S/C13H21N3O3/c1-9(2)12-11(13(17)18-3)14-15-16(12)7-6-10-5-4-8-19-10/h9-10H,4-8H2,1-3H3. The third kappa shape index (κ3) is 3.12. The fourth-order valence-electron chi connectivity index (χ4n) is 2.44. The van der Waals surface area contributed by atoms with Crippen molar-refractivity contribution in [3.8, 4) is 0 Å². The third-order valence-electron chi connectivity index (χ3n) is 3.39. The summed E-state index contributed by atoms with van der Waals surface area (Å²) in [7, 11) is 1.36. The van der Waals surface area contributed by atoms with Gasteiger partial charge in [0.25, 0.3) is 0 Å². The molecule has 19 heavy (non-hydrogen) atoms. The lowest BCUT2D eigenvalue weighted by Crippen LogP contribution is -2.15. The first kappa shape index (κ1) is 14.0. The molecule has 1 aliphatic heterocycles. The number of hydrogen-bond acceptors (Lipinski definition) is 5. The Balaban J connectivity index is 2.10. The van der Waals surface area contributed by atoms with Gasteiger partial charge in [0.05, 0.1) is 18.9 Å². The van der Waals surface area contributed by atoms with Gasteiger partial charge >= 0.3 is 5.97 Å².